The highest BCUT2D eigenvalue weighted by Crippen LogP contribution is 2.31. The van der Waals surface area contributed by atoms with Crippen LogP contribution in [0.5, 0.6) is 5.75 Å². The van der Waals surface area contributed by atoms with Gasteiger partial charge in [-0.25, -0.2) is 4.79 Å². The van der Waals surface area contributed by atoms with Crippen LogP contribution in [-0.2, 0) is 6.61 Å². The van der Waals surface area contributed by atoms with Crippen molar-refractivity contribution in [3.05, 3.63) is 79.1 Å². The Labute approximate surface area is 141 Å². The molecule has 3 rings (SSSR count). The molecule has 0 unspecified atom stereocenters. The molecule has 122 valence electrons. The van der Waals surface area contributed by atoms with Crippen LogP contribution >= 0.6 is 11.6 Å². The maximum atomic E-state index is 11.7. The molecule has 1 aromatic heterocycles. The molecule has 0 amide bonds. The lowest BCUT2D eigenvalue weighted by atomic mass is 10.1. The molecule has 3 aromatic rings. The molecule has 0 saturated heterocycles. The fourth-order valence-electron chi connectivity index (χ4n) is 2.37. The third-order valence-electron chi connectivity index (χ3n) is 3.49. The summed E-state index contributed by atoms with van der Waals surface area (Å²) in [5, 5.41) is 12.1. The maximum absolute atomic E-state index is 11.7. The number of halogens is 1. The van der Waals surface area contributed by atoms with Crippen LogP contribution in [0.15, 0.2) is 51.7 Å². The second-order valence-corrected chi connectivity index (χ2v) is 5.68. The van der Waals surface area contributed by atoms with Crippen LogP contribution in [0, 0.1) is 17.0 Å². The topological polar surface area (TPSA) is 82.6 Å². The Morgan fingerprint density at radius 2 is 2.00 bits per heavy atom. The van der Waals surface area contributed by atoms with E-state index in [1.54, 1.807) is 6.07 Å². The van der Waals surface area contributed by atoms with Gasteiger partial charge in [0.1, 0.15) is 12.2 Å². The average molecular weight is 346 g/mol. The first-order valence-electron chi connectivity index (χ1n) is 7.04. The van der Waals surface area contributed by atoms with E-state index in [0.29, 0.717) is 11.1 Å². The zero-order valence-electron chi connectivity index (χ0n) is 12.6. The second kappa shape index (κ2) is 6.33. The van der Waals surface area contributed by atoms with E-state index in [4.69, 9.17) is 20.8 Å². The van der Waals surface area contributed by atoms with Crippen molar-refractivity contribution < 1.29 is 14.1 Å². The van der Waals surface area contributed by atoms with Crippen molar-refractivity contribution in [3.8, 4) is 5.75 Å². The van der Waals surface area contributed by atoms with Crippen LogP contribution in [0.25, 0.3) is 11.0 Å². The quantitative estimate of drug-likeness (QED) is 0.401. The monoisotopic (exact) mass is 345 g/mol. The molecule has 24 heavy (non-hydrogen) atoms. The van der Waals surface area contributed by atoms with Crippen LogP contribution in [-0.4, -0.2) is 4.92 Å². The average Bonchev–Trinajstić information content (AvgIpc) is 2.52. The number of hydrogen-bond donors (Lipinski definition) is 0. The van der Waals surface area contributed by atoms with E-state index < -0.39 is 10.5 Å². The van der Waals surface area contributed by atoms with Crippen LogP contribution in [0.3, 0.4) is 0 Å². The fraction of sp³-hybridized carbons (Fsp3) is 0.118. The number of ether oxygens (including phenoxy) is 1. The molecule has 0 aliphatic carbocycles. The summed E-state index contributed by atoms with van der Waals surface area (Å²) < 4.78 is 10.7. The summed E-state index contributed by atoms with van der Waals surface area (Å²) in [5.41, 5.74) is 1.26. The first-order chi connectivity index (χ1) is 11.4. The van der Waals surface area contributed by atoms with Crippen LogP contribution < -0.4 is 10.4 Å². The van der Waals surface area contributed by atoms with Crippen LogP contribution in [0.1, 0.15) is 11.1 Å². The van der Waals surface area contributed by atoms with Gasteiger partial charge in [0.2, 0.25) is 0 Å². The number of aryl methyl sites for hydroxylation is 1. The summed E-state index contributed by atoms with van der Waals surface area (Å²) in [6, 6.07) is 10.9. The van der Waals surface area contributed by atoms with E-state index in [0.717, 1.165) is 10.9 Å². The first kappa shape index (κ1) is 16.0. The summed E-state index contributed by atoms with van der Waals surface area (Å²) in [4.78, 5) is 22.2. The molecular formula is C17H12ClNO5. The van der Waals surface area contributed by atoms with Gasteiger partial charge in [0, 0.05) is 28.1 Å². The first-order valence-corrected chi connectivity index (χ1v) is 7.42. The van der Waals surface area contributed by atoms with Crippen LogP contribution in [0.2, 0.25) is 5.02 Å². The Hall–Kier alpha value is -2.86. The van der Waals surface area contributed by atoms with Gasteiger partial charge in [-0.2, -0.15) is 0 Å². The summed E-state index contributed by atoms with van der Waals surface area (Å²) >= 11 is 5.78. The predicted octanol–water partition coefficient (Wildman–Crippen LogP) is 4.24. The molecule has 6 nitrogen and oxygen atoms in total. The standard InChI is InChI=1S/C17H12ClNO5/c1-10-2-4-13-11(7-17(20)24-16(13)6-10)9-23-15-5-3-12(18)8-14(15)19(21)22/h2-8H,9H2,1H3. The number of nitro benzene ring substituents is 1. The zero-order valence-corrected chi connectivity index (χ0v) is 13.4. The number of benzene rings is 2. The highest BCUT2D eigenvalue weighted by atomic mass is 35.5. The van der Waals surface area contributed by atoms with Gasteiger partial charge < -0.3 is 9.15 Å². The van der Waals surface area contributed by atoms with E-state index in [1.807, 2.05) is 19.1 Å². The van der Waals surface area contributed by atoms with Crippen molar-refractivity contribution in [2.75, 3.05) is 0 Å². The van der Waals surface area contributed by atoms with Gasteiger partial charge in [-0.15, -0.1) is 0 Å². The SMILES string of the molecule is Cc1ccc2c(COc3ccc(Cl)cc3[N+](=O)[O-])cc(=O)oc2c1. The number of nitro groups is 1. The van der Waals surface area contributed by atoms with E-state index in [9.17, 15) is 14.9 Å². The Kier molecular flexibility index (Phi) is 4.22. The van der Waals surface area contributed by atoms with E-state index in [1.165, 1.54) is 24.3 Å². The van der Waals surface area contributed by atoms with Gasteiger partial charge >= 0.3 is 11.3 Å². The lowest BCUT2D eigenvalue weighted by Crippen LogP contribution is -2.05. The number of hydrogen-bond acceptors (Lipinski definition) is 5. The van der Waals surface area contributed by atoms with Gasteiger partial charge in [-0.05, 0) is 30.7 Å². The van der Waals surface area contributed by atoms with Gasteiger partial charge in [0.25, 0.3) is 0 Å². The van der Waals surface area contributed by atoms with E-state index in [-0.39, 0.29) is 23.1 Å². The third kappa shape index (κ3) is 3.23. The van der Waals surface area contributed by atoms with Crippen molar-refractivity contribution in [1.29, 1.82) is 0 Å². The minimum absolute atomic E-state index is 0.00632. The van der Waals surface area contributed by atoms with Crippen molar-refractivity contribution >= 4 is 28.3 Å². The summed E-state index contributed by atoms with van der Waals surface area (Å²) in [6.07, 6.45) is 0. The third-order valence-corrected chi connectivity index (χ3v) is 3.72. The molecule has 0 spiro atoms. The molecule has 0 saturated carbocycles. The fourth-order valence-corrected chi connectivity index (χ4v) is 2.53. The van der Waals surface area contributed by atoms with Crippen molar-refractivity contribution in [2.24, 2.45) is 0 Å². The Morgan fingerprint density at radius 1 is 1.21 bits per heavy atom. The Balaban J connectivity index is 1.97. The highest BCUT2D eigenvalue weighted by Gasteiger charge is 2.16. The number of nitrogens with zero attached hydrogens (tertiary/aromatic N) is 1. The number of rotatable bonds is 4. The lowest BCUT2D eigenvalue weighted by molar-refractivity contribution is -0.385. The van der Waals surface area contributed by atoms with E-state index in [2.05, 4.69) is 0 Å². The second-order valence-electron chi connectivity index (χ2n) is 5.25. The van der Waals surface area contributed by atoms with Crippen molar-refractivity contribution in [3.63, 3.8) is 0 Å². The Bertz CT molecular complexity index is 996. The van der Waals surface area contributed by atoms with Crippen molar-refractivity contribution in [2.45, 2.75) is 13.5 Å². The lowest BCUT2D eigenvalue weighted by Gasteiger charge is -2.09. The molecule has 0 aliphatic rings. The summed E-state index contributed by atoms with van der Waals surface area (Å²) in [5.74, 6) is 0.0814. The largest absolute Gasteiger partial charge is 0.482 e. The maximum Gasteiger partial charge on any atom is 0.336 e. The molecule has 0 radical (unpaired) electrons. The molecular weight excluding hydrogens is 334 g/mol. The molecule has 1 heterocycles. The molecule has 0 N–H and O–H groups in total. The molecule has 0 bridgehead atoms. The van der Waals surface area contributed by atoms with E-state index >= 15 is 0 Å². The smallest absolute Gasteiger partial charge is 0.336 e. The number of fused-ring (bicyclic) bond motifs is 1. The normalized spacial score (nSPS) is 10.8. The van der Waals surface area contributed by atoms with Gasteiger partial charge in [0.15, 0.2) is 5.75 Å². The van der Waals surface area contributed by atoms with Gasteiger partial charge in [0.05, 0.1) is 4.92 Å². The molecule has 0 atom stereocenters. The molecule has 7 heteroatoms. The van der Waals surface area contributed by atoms with Crippen LogP contribution in [0.4, 0.5) is 5.69 Å². The van der Waals surface area contributed by atoms with Gasteiger partial charge in [-0.3, -0.25) is 10.1 Å². The highest BCUT2D eigenvalue weighted by molar-refractivity contribution is 6.30. The molecule has 0 fully saturated rings. The molecule has 2 aromatic carbocycles. The minimum Gasteiger partial charge on any atom is -0.482 e. The van der Waals surface area contributed by atoms with Gasteiger partial charge in [-0.1, -0.05) is 23.7 Å². The van der Waals surface area contributed by atoms with Crippen molar-refractivity contribution in [1.82, 2.24) is 0 Å². The predicted molar refractivity (Wildman–Crippen MR) is 89.7 cm³/mol. The minimum atomic E-state index is -0.567. The zero-order chi connectivity index (χ0) is 17.3. The summed E-state index contributed by atoms with van der Waals surface area (Å²) in [6.45, 7) is 1.88. The summed E-state index contributed by atoms with van der Waals surface area (Å²) in [7, 11) is 0. The Morgan fingerprint density at radius 3 is 2.75 bits per heavy atom. The molecule has 0 aliphatic heterocycles.